The first-order valence-corrected chi connectivity index (χ1v) is 10.5. The summed E-state index contributed by atoms with van der Waals surface area (Å²) in [6.45, 7) is 3.59. The minimum absolute atomic E-state index is 0.198. The molecule has 2 aromatic heterocycles. The van der Waals surface area contributed by atoms with Crippen LogP contribution >= 0.6 is 0 Å². The van der Waals surface area contributed by atoms with Gasteiger partial charge < -0.3 is 9.64 Å². The number of aryl methyl sites for hydroxylation is 1. The van der Waals surface area contributed by atoms with Gasteiger partial charge >= 0.3 is 0 Å². The van der Waals surface area contributed by atoms with E-state index < -0.39 is 10.0 Å². The Bertz CT molecular complexity index is 1090. The maximum Gasteiger partial charge on any atom is 0.246 e. The molecule has 0 atom stereocenters. The van der Waals surface area contributed by atoms with Gasteiger partial charge in [-0.1, -0.05) is 6.07 Å². The summed E-state index contributed by atoms with van der Waals surface area (Å²) in [5.74, 6) is 1.68. The van der Waals surface area contributed by atoms with Crippen LogP contribution in [0.2, 0.25) is 0 Å². The van der Waals surface area contributed by atoms with E-state index in [-0.39, 0.29) is 4.90 Å². The van der Waals surface area contributed by atoms with Gasteiger partial charge in [-0.05, 0) is 24.6 Å². The van der Waals surface area contributed by atoms with Crippen molar-refractivity contribution in [3.8, 4) is 11.6 Å². The number of nitrogens with zero attached hydrogens (tertiary/aromatic N) is 7. The van der Waals surface area contributed by atoms with Crippen molar-refractivity contribution in [2.24, 2.45) is 0 Å². The van der Waals surface area contributed by atoms with Crippen molar-refractivity contribution < 1.29 is 13.2 Å². The van der Waals surface area contributed by atoms with Crippen molar-refractivity contribution in [1.29, 1.82) is 0 Å². The fourth-order valence-electron chi connectivity index (χ4n) is 3.24. The molecule has 1 fully saturated rings. The largest absolute Gasteiger partial charge is 0.495 e. The lowest BCUT2D eigenvalue weighted by atomic mass is 10.2. The quantitative estimate of drug-likeness (QED) is 0.605. The summed E-state index contributed by atoms with van der Waals surface area (Å²) < 4.78 is 34.6. The molecule has 1 saturated heterocycles. The molecule has 3 aromatic rings. The van der Waals surface area contributed by atoms with Gasteiger partial charge in [-0.15, -0.1) is 0 Å². The average Bonchev–Trinajstić information content (AvgIpc) is 3.29. The van der Waals surface area contributed by atoms with E-state index >= 15 is 0 Å². The number of piperazine rings is 1. The lowest BCUT2D eigenvalue weighted by molar-refractivity contribution is 0.373. The molecule has 0 N–H and O–H groups in total. The maximum absolute atomic E-state index is 13.2. The Kier molecular flexibility index (Phi) is 5.16. The molecule has 0 spiro atoms. The molecule has 152 valence electrons. The normalized spacial score (nSPS) is 15.4. The van der Waals surface area contributed by atoms with Crippen molar-refractivity contribution in [2.45, 2.75) is 11.8 Å². The third-order valence-electron chi connectivity index (χ3n) is 4.79. The monoisotopic (exact) mass is 415 g/mol. The van der Waals surface area contributed by atoms with Crippen LogP contribution < -0.4 is 9.64 Å². The molecular formula is C18H21N7O3S. The summed E-state index contributed by atoms with van der Waals surface area (Å²) >= 11 is 0. The fraction of sp³-hybridized carbons (Fsp3) is 0.333. The molecule has 3 heterocycles. The summed E-state index contributed by atoms with van der Waals surface area (Å²) in [5.41, 5.74) is 0.865. The van der Waals surface area contributed by atoms with E-state index in [4.69, 9.17) is 4.74 Å². The standard InChI is InChI=1S/C18H21N7O3S/c1-14-3-4-15(28-2)16(9-14)29(26,27)24-7-5-23(6-8-24)17-10-18(21-12-20-17)25-13-19-11-22-25/h3-4,9-13H,5-8H2,1-2H3. The average molecular weight is 415 g/mol. The zero-order valence-corrected chi connectivity index (χ0v) is 16.9. The molecule has 0 aliphatic carbocycles. The number of sulfonamides is 1. The predicted octanol–water partition coefficient (Wildman–Crippen LogP) is 0.885. The number of ether oxygens (including phenoxy) is 1. The third-order valence-corrected chi connectivity index (χ3v) is 6.71. The van der Waals surface area contributed by atoms with E-state index in [0.717, 1.165) is 11.4 Å². The first kappa shape index (κ1) is 19.3. The van der Waals surface area contributed by atoms with E-state index in [9.17, 15) is 8.42 Å². The van der Waals surface area contributed by atoms with Crippen LogP contribution in [0.25, 0.3) is 5.82 Å². The van der Waals surface area contributed by atoms with Crippen molar-refractivity contribution in [1.82, 2.24) is 29.0 Å². The molecule has 0 unspecified atom stereocenters. The second-order valence-electron chi connectivity index (χ2n) is 6.62. The highest BCUT2D eigenvalue weighted by molar-refractivity contribution is 7.89. The number of hydrogen-bond acceptors (Lipinski definition) is 8. The zero-order valence-electron chi connectivity index (χ0n) is 16.1. The van der Waals surface area contributed by atoms with Crippen LogP contribution in [0.4, 0.5) is 5.82 Å². The Morgan fingerprint density at radius 1 is 1.00 bits per heavy atom. The van der Waals surface area contributed by atoms with Crippen LogP contribution in [0, 0.1) is 6.92 Å². The Balaban J connectivity index is 1.51. The van der Waals surface area contributed by atoms with E-state index in [2.05, 4.69) is 20.1 Å². The van der Waals surface area contributed by atoms with Crippen LogP contribution in [0.15, 0.2) is 48.1 Å². The number of rotatable bonds is 5. The minimum Gasteiger partial charge on any atom is -0.495 e. The highest BCUT2D eigenvalue weighted by Gasteiger charge is 2.31. The van der Waals surface area contributed by atoms with E-state index in [0.29, 0.717) is 37.7 Å². The van der Waals surface area contributed by atoms with Crippen molar-refractivity contribution in [3.63, 3.8) is 0 Å². The molecule has 10 nitrogen and oxygen atoms in total. The number of hydrogen-bond donors (Lipinski definition) is 0. The molecule has 0 bridgehead atoms. The topological polar surface area (TPSA) is 106 Å². The number of anilines is 1. The maximum atomic E-state index is 13.2. The molecule has 0 saturated carbocycles. The lowest BCUT2D eigenvalue weighted by Gasteiger charge is -2.34. The Hall–Kier alpha value is -3.05. The summed E-state index contributed by atoms with van der Waals surface area (Å²) in [5, 5.41) is 4.07. The molecule has 1 aromatic carbocycles. The van der Waals surface area contributed by atoms with E-state index in [1.165, 1.54) is 24.1 Å². The van der Waals surface area contributed by atoms with E-state index in [1.54, 1.807) is 23.1 Å². The van der Waals surface area contributed by atoms with Crippen molar-refractivity contribution in [2.75, 3.05) is 38.2 Å². The summed E-state index contributed by atoms with van der Waals surface area (Å²) in [6.07, 6.45) is 4.46. The Morgan fingerprint density at radius 2 is 1.76 bits per heavy atom. The molecule has 11 heteroatoms. The van der Waals surface area contributed by atoms with Crippen LogP contribution in [-0.2, 0) is 10.0 Å². The SMILES string of the molecule is COc1ccc(C)cc1S(=O)(=O)N1CCN(c2cc(-n3cncn3)ncn2)CC1. The van der Waals surface area contributed by atoms with Crippen LogP contribution in [0.5, 0.6) is 5.75 Å². The molecule has 0 radical (unpaired) electrons. The van der Waals surface area contributed by atoms with Gasteiger partial charge in [-0.2, -0.15) is 9.40 Å². The lowest BCUT2D eigenvalue weighted by Crippen LogP contribution is -2.49. The summed E-state index contributed by atoms with van der Waals surface area (Å²) in [7, 11) is -2.17. The third kappa shape index (κ3) is 3.78. The molecule has 1 aliphatic heterocycles. The summed E-state index contributed by atoms with van der Waals surface area (Å²) in [4.78, 5) is 14.7. The fourth-order valence-corrected chi connectivity index (χ4v) is 4.91. The second-order valence-corrected chi connectivity index (χ2v) is 8.53. The number of aromatic nitrogens is 5. The highest BCUT2D eigenvalue weighted by Crippen LogP contribution is 2.28. The summed E-state index contributed by atoms with van der Waals surface area (Å²) in [6, 6.07) is 6.97. The Labute approximate surface area is 168 Å². The molecule has 0 amide bonds. The molecular weight excluding hydrogens is 394 g/mol. The van der Waals surface area contributed by atoms with Crippen LogP contribution in [0.1, 0.15) is 5.56 Å². The van der Waals surface area contributed by atoms with Gasteiger partial charge in [0.05, 0.1) is 7.11 Å². The van der Waals surface area contributed by atoms with Gasteiger partial charge in [0.25, 0.3) is 0 Å². The van der Waals surface area contributed by atoms with E-state index in [1.807, 2.05) is 24.0 Å². The predicted molar refractivity (Wildman–Crippen MR) is 106 cm³/mol. The van der Waals surface area contributed by atoms with Crippen molar-refractivity contribution in [3.05, 3.63) is 48.8 Å². The smallest absolute Gasteiger partial charge is 0.246 e. The molecule has 1 aliphatic rings. The van der Waals surface area contributed by atoms with Crippen LogP contribution in [0.3, 0.4) is 0 Å². The molecule has 29 heavy (non-hydrogen) atoms. The molecule has 4 rings (SSSR count). The van der Waals surface area contributed by atoms with Crippen molar-refractivity contribution >= 4 is 15.8 Å². The first-order valence-electron chi connectivity index (χ1n) is 9.06. The number of benzene rings is 1. The highest BCUT2D eigenvalue weighted by atomic mass is 32.2. The van der Waals surface area contributed by atoms with Gasteiger partial charge in [0, 0.05) is 32.2 Å². The van der Waals surface area contributed by atoms with Gasteiger partial charge in [0.1, 0.15) is 35.4 Å². The van der Waals surface area contributed by atoms with Gasteiger partial charge in [-0.3, -0.25) is 0 Å². The first-order chi connectivity index (χ1) is 14.0. The van der Waals surface area contributed by atoms with Gasteiger partial charge in [0.2, 0.25) is 10.0 Å². The van der Waals surface area contributed by atoms with Gasteiger partial charge in [0.15, 0.2) is 5.82 Å². The Morgan fingerprint density at radius 3 is 2.45 bits per heavy atom. The zero-order chi connectivity index (χ0) is 20.4. The second kappa shape index (κ2) is 7.76. The van der Waals surface area contributed by atoms with Crippen LogP contribution in [-0.4, -0.2) is 70.7 Å². The minimum atomic E-state index is -3.65. The van der Waals surface area contributed by atoms with Gasteiger partial charge in [-0.25, -0.2) is 28.1 Å². The number of methoxy groups -OCH3 is 1.